The number of hydrogen-bond acceptors (Lipinski definition) is 10. The lowest BCUT2D eigenvalue weighted by molar-refractivity contribution is -0.138. The molecule has 0 amide bonds. The Kier molecular flexibility index (Phi) is 24.8. The maximum Gasteiger partial charge on any atom is 0.417 e. The van der Waals surface area contributed by atoms with Gasteiger partial charge in [0.05, 0.1) is 27.1 Å². The first-order chi connectivity index (χ1) is 18.2. The first kappa shape index (κ1) is 48.5. The topological polar surface area (TPSA) is 184 Å². The summed E-state index contributed by atoms with van der Waals surface area (Å²) in [6.07, 6.45) is 0.753. The van der Waals surface area contributed by atoms with E-state index >= 15 is 0 Å². The number of carbonyl (C=O) groups excluding carboxylic acids is 1. The third-order valence-electron chi connectivity index (χ3n) is 3.84. The summed E-state index contributed by atoms with van der Waals surface area (Å²) in [7, 11) is -7.45. The second-order valence-corrected chi connectivity index (χ2v) is 10.7. The Morgan fingerprint density at radius 3 is 1.36 bits per heavy atom. The molecule has 10 nitrogen and oxygen atoms in total. The molecule has 0 heterocycles. The van der Waals surface area contributed by atoms with Gasteiger partial charge in [0, 0.05) is 30.2 Å². The molecule has 0 aliphatic rings. The lowest BCUT2D eigenvalue weighted by atomic mass is 10.1. The van der Waals surface area contributed by atoms with Crippen molar-refractivity contribution in [1.29, 1.82) is 0 Å². The van der Waals surface area contributed by atoms with Crippen molar-refractivity contribution >= 4 is 44.6 Å². The highest BCUT2D eigenvalue weighted by molar-refractivity contribution is 7.91. The second-order valence-electron chi connectivity index (χ2n) is 6.72. The average Bonchev–Trinajstić information content (AvgIpc) is 2.85. The molecule has 0 aliphatic carbocycles. The van der Waals surface area contributed by atoms with E-state index in [-0.39, 0.29) is 32.7 Å². The minimum Gasteiger partial charge on any atom is -0.411 e. The Hall–Kier alpha value is -3.21. The standard InChI is InChI=1S/C9H8F3NO3S.C9H7F3O3S.C2H6O.C2H2.CH4.ClH.H3NO/c1-17(15,16)7-3-2-6(5-13-14)8(4-7)9(10,11)12;1-16(14,15)7-3-2-6(5-13)8(4-7)9(10,11)12;1-2-3;1-2;;;1-2/h2-5,14H,1H3;2-5H,1H3;3H,2H2,1H3;1-2H;1H4;1H;2H,1H2/b13-5+;;;;;;. The van der Waals surface area contributed by atoms with Crippen LogP contribution in [0.5, 0.6) is 0 Å². The summed E-state index contributed by atoms with van der Waals surface area (Å²) in [6.45, 7) is 1.93. The molecule has 0 radical (unpaired) electrons. The van der Waals surface area contributed by atoms with E-state index in [0.717, 1.165) is 36.8 Å². The van der Waals surface area contributed by atoms with Crippen LogP contribution in [0.4, 0.5) is 26.3 Å². The molecule has 242 valence electrons. The van der Waals surface area contributed by atoms with Gasteiger partial charge >= 0.3 is 12.4 Å². The van der Waals surface area contributed by atoms with Crippen molar-refractivity contribution in [2.45, 2.75) is 36.5 Å². The first-order valence-electron chi connectivity index (χ1n) is 9.89. The van der Waals surface area contributed by atoms with Crippen molar-refractivity contribution < 1.29 is 63.5 Å². The third-order valence-corrected chi connectivity index (χ3v) is 6.06. The zero-order valence-electron chi connectivity index (χ0n) is 21.4. The quantitative estimate of drug-likeness (QED) is 0.0905. The average molecular weight is 677 g/mol. The van der Waals surface area contributed by atoms with Crippen molar-refractivity contribution in [2.75, 3.05) is 19.1 Å². The maximum absolute atomic E-state index is 12.6. The van der Waals surface area contributed by atoms with Crippen molar-refractivity contribution in [1.82, 2.24) is 0 Å². The molecule has 42 heavy (non-hydrogen) atoms. The summed E-state index contributed by atoms with van der Waals surface area (Å²) in [4.78, 5) is 9.47. The lowest BCUT2D eigenvalue weighted by Crippen LogP contribution is -2.11. The Morgan fingerprint density at radius 1 is 0.833 bits per heavy atom. The summed E-state index contributed by atoms with van der Waals surface area (Å²) in [5.74, 6) is 3.50. The highest BCUT2D eigenvalue weighted by atomic mass is 35.5. The molecule has 0 unspecified atom stereocenters. The number of rotatable bonds is 4. The van der Waals surface area contributed by atoms with Crippen LogP contribution in [0.2, 0.25) is 0 Å². The van der Waals surface area contributed by atoms with E-state index in [1.165, 1.54) is 0 Å². The van der Waals surface area contributed by atoms with Crippen LogP contribution >= 0.6 is 12.4 Å². The number of aldehydes is 1. The summed E-state index contributed by atoms with van der Waals surface area (Å²) >= 11 is 0. The number of halogens is 7. The van der Waals surface area contributed by atoms with Crippen molar-refractivity contribution in [3.63, 3.8) is 0 Å². The molecular formula is C23H31ClF6N2O8S2. The summed E-state index contributed by atoms with van der Waals surface area (Å²) in [6, 6.07) is 4.71. The van der Waals surface area contributed by atoms with Gasteiger partial charge < -0.3 is 15.5 Å². The molecule has 0 saturated heterocycles. The molecule has 5 N–H and O–H groups in total. The van der Waals surface area contributed by atoms with Crippen LogP contribution in [0.3, 0.4) is 0 Å². The number of aliphatic hydroxyl groups excluding tert-OH is 1. The van der Waals surface area contributed by atoms with Gasteiger partial charge in [0.1, 0.15) is 0 Å². The minimum absolute atomic E-state index is 0. The van der Waals surface area contributed by atoms with Gasteiger partial charge in [-0.1, -0.05) is 18.6 Å². The molecule has 0 saturated carbocycles. The molecule has 2 rings (SSSR count). The van der Waals surface area contributed by atoms with Gasteiger partial charge in [0.2, 0.25) is 0 Å². The van der Waals surface area contributed by atoms with Gasteiger partial charge in [-0.3, -0.25) is 4.79 Å². The number of sulfone groups is 2. The first-order valence-corrected chi connectivity index (χ1v) is 13.7. The molecule has 2 aromatic carbocycles. The van der Waals surface area contributed by atoms with E-state index < -0.39 is 64.1 Å². The van der Waals surface area contributed by atoms with Gasteiger partial charge in [0.25, 0.3) is 0 Å². The van der Waals surface area contributed by atoms with E-state index in [0.29, 0.717) is 18.3 Å². The van der Waals surface area contributed by atoms with Crippen LogP contribution < -0.4 is 5.90 Å². The molecule has 0 spiro atoms. The number of hydrogen-bond donors (Lipinski definition) is 4. The maximum atomic E-state index is 12.6. The number of nitrogens with two attached hydrogens (primary N) is 1. The number of benzene rings is 2. The smallest absolute Gasteiger partial charge is 0.411 e. The summed E-state index contributed by atoms with van der Waals surface area (Å²) in [5.41, 5.74) is -3.41. The Morgan fingerprint density at radius 2 is 1.12 bits per heavy atom. The van der Waals surface area contributed by atoms with Crippen LogP contribution in [-0.2, 0) is 32.0 Å². The number of terminal acetylenes is 1. The van der Waals surface area contributed by atoms with Crippen LogP contribution in [0.25, 0.3) is 0 Å². The SMILES string of the molecule is C.C#C.CCO.CS(=O)(=O)c1ccc(/C=N/O)c(C(F)(F)F)c1.CS(=O)(=O)c1ccc(C=O)c(C(F)(F)F)c1.Cl.NO. The predicted molar refractivity (Wildman–Crippen MR) is 146 cm³/mol. The fourth-order valence-corrected chi connectivity index (χ4v) is 3.59. The zero-order chi connectivity index (χ0) is 32.5. The summed E-state index contributed by atoms with van der Waals surface area (Å²) < 4.78 is 120. The minimum atomic E-state index is -4.75. The Balaban J connectivity index is -0.000000172. The molecule has 0 bridgehead atoms. The number of aliphatic hydroxyl groups is 1. The van der Waals surface area contributed by atoms with Gasteiger partial charge in [-0.25, -0.2) is 22.7 Å². The Bertz CT molecular complexity index is 1350. The second kappa shape index (κ2) is 21.5. The third kappa shape index (κ3) is 17.6. The monoisotopic (exact) mass is 676 g/mol. The van der Waals surface area contributed by atoms with Crippen molar-refractivity contribution in [3.05, 3.63) is 58.7 Å². The van der Waals surface area contributed by atoms with Gasteiger partial charge in [-0.2, -0.15) is 26.3 Å². The number of oxime groups is 1. The predicted octanol–water partition coefficient (Wildman–Crippen LogP) is 4.48. The number of alkyl halides is 6. The van der Waals surface area contributed by atoms with Crippen LogP contribution in [0.1, 0.15) is 41.4 Å². The van der Waals surface area contributed by atoms with Crippen LogP contribution in [0, 0.1) is 12.8 Å². The van der Waals surface area contributed by atoms with E-state index in [1.807, 2.05) is 0 Å². The molecule has 0 fully saturated rings. The Labute approximate surface area is 246 Å². The van der Waals surface area contributed by atoms with Crippen molar-refractivity contribution in [3.8, 4) is 12.8 Å². The summed E-state index contributed by atoms with van der Waals surface area (Å²) in [5, 5.41) is 24.8. The van der Waals surface area contributed by atoms with Crippen LogP contribution in [0.15, 0.2) is 51.3 Å². The largest absolute Gasteiger partial charge is 0.417 e. The molecular weight excluding hydrogens is 646 g/mol. The van der Waals surface area contributed by atoms with Gasteiger partial charge in [0.15, 0.2) is 26.0 Å². The fourth-order valence-electron chi connectivity index (χ4n) is 2.30. The molecule has 0 atom stereocenters. The highest BCUT2D eigenvalue weighted by Crippen LogP contribution is 2.34. The molecule has 2 aromatic rings. The lowest BCUT2D eigenvalue weighted by Gasteiger charge is -2.11. The van der Waals surface area contributed by atoms with Crippen molar-refractivity contribution in [2.24, 2.45) is 11.1 Å². The normalized spacial score (nSPS) is 10.7. The number of nitrogens with zero attached hydrogens (tertiary/aromatic N) is 1. The van der Waals surface area contributed by atoms with E-state index in [4.69, 9.17) is 15.5 Å². The number of carbonyl (C=O) groups is 1. The highest BCUT2D eigenvalue weighted by Gasteiger charge is 2.35. The van der Waals surface area contributed by atoms with E-state index in [2.05, 4.69) is 23.9 Å². The van der Waals surface area contributed by atoms with E-state index in [9.17, 15) is 48.0 Å². The fraction of sp³-hybridized carbons (Fsp3) is 0.304. The van der Waals surface area contributed by atoms with E-state index in [1.54, 1.807) is 6.92 Å². The zero-order valence-corrected chi connectivity index (χ0v) is 23.8. The molecule has 19 heteroatoms. The van der Waals surface area contributed by atoms with Gasteiger partial charge in [-0.05, 0) is 37.3 Å². The van der Waals surface area contributed by atoms with Gasteiger partial charge in [-0.15, -0.1) is 25.3 Å². The van der Waals surface area contributed by atoms with Crippen LogP contribution in [-0.4, -0.2) is 64.0 Å². The molecule has 0 aromatic heterocycles. The molecule has 0 aliphatic heterocycles.